The van der Waals surface area contributed by atoms with E-state index < -0.39 is 0 Å². The minimum absolute atomic E-state index is 0.206. The quantitative estimate of drug-likeness (QED) is 0.926. The summed E-state index contributed by atoms with van der Waals surface area (Å²) >= 11 is 0. The summed E-state index contributed by atoms with van der Waals surface area (Å²) in [4.78, 5) is 16.5. The molecule has 0 spiro atoms. The van der Waals surface area contributed by atoms with Crippen LogP contribution in [0.15, 0.2) is 42.6 Å². The standard InChI is InChI=1S/C16H16N2O2/c1-20-14-5-3-2-4-13(14)16(19)18-15-10-12(8-9-17-15)11-6-7-11/h2-5,8-11H,6-7H2,1H3,(H,17,18,19). The van der Waals surface area contributed by atoms with Crippen molar-refractivity contribution in [3.63, 3.8) is 0 Å². The molecule has 102 valence electrons. The summed E-state index contributed by atoms with van der Waals surface area (Å²) in [6.07, 6.45) is 4.19. The maximum absolute atomic E-state index is 12.3. The molecule has 20 heavy (non-hydrogen) atoms. The lowest BCUT2D eigenvalue weighted by molar-refractivity contribution is 0.102. The number of pyridine rings is 1. The van der Waals surface area contributed by atoms with Gasteiger partial charge >= 0.3 is 0 Å². The number of carbonyl (C=O) groups is 1. The zero-order valence-electron chi connectivity index (χ0n) is 11.3. The van der Waals surface area contributed by atoms with E-state index >= 15 is 0 Å². The molecule has 4 heteroatoms. The van der Waals surface area contributed by atoms with Crippen LogP contribution in [0.25, 0.3) is 0 Å². The number of nitrogens with zero attached hydrogens (tertiary/aromatic N) is 1. The van der Waals surface area contributed by atoms with Crippen LogP contribution in [0.4, 0.5) is 5.82 Å². The Balaban J connectivity index is 1.80. The maximum Gasteiger partial charge on any atom is 0.260 e. The zero-order chi connectivity index (χ0) is 13.9. The first-order valence-corrected chi connectivity index (χ1v) is 6.68. The largest absolute Gasteiger partial charge is 0.496 e. The lowest BCUT2D eigenvalue weighted by Gasteiger charge is -2.09. The summed E-state index contributed by atoms with van der Waals surface area (Å²) in [5, 5.41) is 2.83. The van der Waals surface area contributed by atoms with Gasteiger partial charge < -0.3 is 10.1 Å². The molecule has 4 nitrogen and oxygen atoms in total. The number of para-hydroxylation sites is 1. The molecular formula is C16H16N2O2. The van der Waals surface area contributed by atoms with Gasteiger partial charge in [-0.2, -0.15) is 0 Å². The van der Waals surface area contributed by atoms with E-state index in [1.165, 1.54) is 18.4 Å². The van der Waals surface area contributed by atoms with E-state index in [4.69, 9.17) is 4.74 Å². The molecule has 1 aromatic carbocycles. The average molecular weight is 268 g/mol. The second-order valence-corrected chi connectivity index (χ2v) is 4.90. The average Bonchev–Trinajstić information content (AvgIpc) is 3.32. The van der Waals surface area contributed by atoms with Crippen LogP contribution in [-0.4, -0.2) is 18.0 Å². The molecule has 1 heterocycles. The first-order valence-electron chi connectivity index (χ1n) is 6.68. The summed E-state index contributed by atoms with van der Waals surface area (Å²) in [6, 6.07) is 11.1. The van der Waals surface area contributed by atoms with Crippen molar-refractivity contribution in [2.45, 2.75) is 18.8 Å². The van der Waals surface area contributed by atoms with E-state index in [1.807, 2.05) is 24.3 Å². The normalized spacial score (nSPS) is 13.8. The summed E-state index contributed by atoms with van der Waals surface area (Å²) in [5.41, 5.74) is 1.75. The molecule has 0 atom stereocenters. The number of ether oxygens (including phenoxy) is 1. The predicted molar refractivity (Wildman–Crippen MR) is 77.2 cm³/mol. The van der Waals surface area contributed by atoms with E-state index in [0.717, 1.165) is 0 Å². The highest BCUT2D eigenvalue weighted by Gasteiger charge is 2.24. The topological polar surface area (TPSA) is 51.2 Å². The van der Waals surface area contributed by atoms with Crippen molar-refractivity contribution in [3.8, 4) is 5.75 Å². The predicted octanol–water partition coefficient (Wildman–Crippen LogP) is 3.22. The number of nitrogens with one attached hydrogen (secondary N) is 1. The molecule has 0 unspecified atom stereocenters. The summed E-state index contributed by atoms with van der Waals surface area (Å²) < 4.78 is 5.19. The van der Waals surface area contributed by atoms with Crippen molar-refractivity contribution in [1.29, 1.82) is 0 Å². The van der Waals surface area contributed by atoms with E-state index in [0.29, 0.717) is 23.0 Å². The van der Waals surface area contributed by atoms with E-state index in [1.54, 1.807) is 25.4 Å². The van der Waals surface area contributed by atoms with Crippen molar-refractivity contribution in [3.05, 3.63) is 53.7 Å². The zero-order valence-corrected chi connectivity index (χ0v) is 11.3. The molecule has 1 saturated carbocycles. The van der Waals surface area contributed by atoms with Crippen LogP contribution in [0.1, 0.15) is 34.7 Å². The molecule has 1 fully saturated rings. The van der Waals surface area contributed by atoms with E-state index in [-0.39, 0.29) is 5.91 Å². The van der Waals surface area contributed by atoms with Gasteiger partial charge in [0.15, 0.2) is 0 Å². The number of rotatable bonds is 4. The minimum atomic E-state index is -0.206. The Morgan fingerprint density at radius 3 is 2.85 bits per heavy atom. The molecule has 0 aliphatic heterocycles. The van der Waals surface area contributed by atoms with Crippen LogP contribution < -0.4 is 10.1 Å². The first-order chi connectivity index (χ1) is 9.78. The molecule has 3 rings (SSSR count). The van der Waals surface area contributed by atoms with Crippen molar-refractivity contribution in [1.82, 2.24) is 4.98 Å². The number of methoxy groups -OCH3 is 1. The fourth-order valence-corrected chi connectivity index (χ4v) is 2.20. The summed E-state index contributed by atoms with van der Waals surface area (Å²) in [6.45, 7) is 0. The maximum atomic E-state index is 12.3. The van der Waals surface area contributed by atoms with Crippen LogP contribution >= 0.6 is 0 Å². The Labute approximate surface area is 117 Å². The number of hydrogen-bond donors (Lipinski definition) is 1. The van der Waals surface area contributed by atoms with Gasteiger partial charge in [-0.25, -0.2) is 4.98 Å². The molecule has 1 amide bonds. The highest BCUT2D eigenvalue weighted by atomic mass is 16.5. The van der Waals surface area contributed by atoms with Gasteiger partial charge in [0, 0.05) is 6.20 Å². The fourth-order valence-electron chi connectivity index (χ4n) is 2.20. The third-order valence-corrected chi connectivity index (χ3v) is 3.43. The van der Waals surface area contributed by atoms with Crippen LogP contribution in [0.2, 0.25) is 0 Å². The Morgan fingerprint density at radius 2 is 2.10 bits per heavy atom. The lowest BCUT2D eigenvalue weighted by Crippen LogP contribution is -2.14. The van der Waals surface area contributed by atoms with Gasteiger partial charge in [-0.3, -0.25) is 4.79 Å². The van der Waals surface area contributed by atoms with Gasteiger partial charge in [0.2, 0.25) is 0 Å². The number of aromatic nitrogens is 1. The van der Waals surface area contributed by atoms with Crippen molar-refractivity contribution >= 4 is 11.7 Å². The van der Waals surface area contributed by atoms with Crippen molar-refractivity contribution in [2.24, 2.45) is 0 Å². The smallest absolute Gasteiger partial charge is 0.260 e. The monoisotopic (exact) mass is 268 g/mol. The lowest BCUT2D eigenvalue weighted by atomic mass is 10.1. The summed E-state index contributed by atoms with van der Waals surface area (Å²) in [5.74, 6) is 1.58. The third-order valence-electron chi connectivity index (χ3n) is 3.43. The molecule has 0 radical (unpaired) electrons. The van der Waals surface area contributed by atoms with Gasteiger partial charge in [-0.1, -0.05) is 12.1 Å². The van der Waals surface area contributed by atoms with Gasteiger partial charge in [0.25, 0.3) is 5.91 Å². The molecule has 0 bridgehead atoms. The third kappa shape index (κ3) is 2.64. The number of hydrogen-bond acceptors (Lipinski definition) is 3. The first kappa shape index (κ1) is 12.7. The summed E-state index contributed by atoms with van der Waals surface area (Å²) in [7, 11) is 1.55. The molecule has 2 aromatic rings. The molecule has 1 aliphatic rings. The number of amides is 1. The fraction of sp³-hybridized carbons (Fsp3) is 0.250. The van der Waals surface area contributed by atoms with Gasteiger partial charge in [-0.15, -0.1) is 0 Å². The van der Waals surface area contributed by atoms with Gasteiger partial charge in [0.05, 0.1) is 12.7 Å². The molecular weight excluding hydrogens is 252 g/mol. The Kier molecular flexibility index (Phi) is 3.37. The number of benzene rings is 1. The second-order valence-electron chi connectivity index (χ2n) is 4.90. The molecule has 1 aliphatic carbocycles. The van der Waals surface area contributed by atoms with Crippen molar-refractivity contribution in [2.75, 3.05) is 12.4 Å². The number of carbonyl (C=O) groups excluding carboxylic acids is 1. The van der Waals surface area contributed by atoms with Crippen LogP contribution in [0.5, 0.6) is 5.75 Å². The van der Waals surface area contributed by atoms with Crippen molar-refractivity contribution < 1.29 is 9.53 Å². The van der Waals surface area contributed by atoms with Gasteiger partial charge in [0.1, 0.15) is 11.6 Å². The molecule has 0 saturated heterocycles. The van der Waals surface area contributed by atoms with Gasteiger partial charge in [-0.05, 0) is 48.6 Å². The second kappa shape index (κ2) is 5.33. The number of anilines is 1. The van der Waals surface area contributed by atoms with Crippen LogP contribution in [0, 0.1) is 0 Å². The Morgan fingerprint density at radius 1 is 1.30 bits per heavy atom. The minimum Gasteiger partial charge on any atom is -0.496 e. The molecule has 1 N–H and O–H groups in total. The SMILES string of the molecule is COc1ccccc1C(=O)Nc1cc(C2CC2)ccn1. The van der Waals surface area contributed by atoms with Crippen LogP contribution in [-0.2, 0) is 0 Å². The van der Waals surface area contributed by atoms with E-state index in [2.05, 4.69) is 10.3 Å². The van der Waals surface area contributed by atoms with E-state index in [9.17, 15) is 4.79 Å². The Hall–Kier alpha value is -2.36. The highest BCUT2D eigenvalue weighted by Crippen LogP contribution is 2.40. The highest BCUT2D eigenvalue weighted by molar-refractivity contribution is 6.05. The van der Waals surface area contributed by atoms with Crippen LogP contribution in [0.3, 0.4) is 0 Å². The Bertz CT molecular complexity index is 636. The molecule has 1 aromatic heterocycles.